The average molecular weight is 389 g/mol. The molecule has 25 heavy (non-hydrogen) atoms. The largest absolute Gasteiger partial charge is 0.490 e. The minimum absolute atomic E-state index is 0.0181. The fraction of sp³-hybridized carbons (Fsp3) is 0.429. The van der Waals surface area contributed by atoms with Crippen molar-refractivity contribution >= 4 is 23.5 Å². The van der Waals surface area contributed by atoms with Gasteiger partial charge in [-0.25, -0.2) is 13.6 Å². The quantitative estimate of drug-likeness (QED) is 0.695. The lowest BCUT2D eigenvalue weighted by molar-refractivity contribution is -0.192. The molecule has 0 aliphatic carbocycles. The van der Waals surface area contributed by atoms with E-state index < -0.39 is 30.2 Å². The number of benzene rings is 1. The number of hydrogen-bond donors (Lipinski definition) is 3. The van der Waals surface area contributed by atoms with Crippen molar-refractivity contribution in [3.8, 4) is 0 Å². The molecule has 1 aromatic carbocycles. The van der Waals surface area contributed by atoms with Gasteiger partial charge in [-0.1, -0.05) is 23.7 Å². The highest BCUT2D eigenvalue weighted by Crippen LogP contribution is 2.18. The predicted molar refractivity (Wildman–Crippen MR) is 78.3 cm³/mol. The second-order valence-electron chi connectivity index (χ2n) is 5.03. The van der Waals surface area contributed by atoms with Gasteiger partial charge < -0.3 is 15.7 Å². The van der Waals surface area contributed by atoms with Gasteiger partial charge in [0.2, 0.25) is 5.91 Å². The van der Waals surface area contributed by atoms with Gasteiger partial charge in [0, 0.05) is 25.1 Å². The lowest BCUT2D eigenvalue weighted by Gasteiger charge is -2.11. The van der Waals surface area contributed by atoms with Crippen LogP contribution >= 0.6 is 11.6 Å². The van der Waals surface area contributed by atoms with E-state index in [4.69, 9.17) is 21.5 Å². The SMILES string of the molecule is O=C(NCc1cccc(Cl)c1F)[C@@H]1C[C@@H](F)CN1.O=C(O)C(F)(F)F. The molecule has 1 aromatic rings. The average Bonchev–Trinajstić information content (AvgIpc) is 2.95. The molecule has 0 aromatic heterocycles. The first-order valence-corrected chi connectivity index (χ1v) is 7.28. The molecule has 0 spiro atoms. The first-order chi connectivity index (χ1) is 11.5. The van der Waals surface area contributed by atoms with E-state index >= 15 is 0 Å². The van der Waals surface area contributed by atoms with Gasteiger partial charge in [-0.2, -0.15) is 13.2 Å². The van der Waals surface area contributed by atoms with Gasteiger partial charge in [0.1, 0.15) is 12.0 Å². The Labute approximate surface area is 144 Å². The second-order valence-corrected chi connectivity index (χ2v) is 5.43. The zero-order valence-electron chi connectivity index (χ0n) is 12.5. The number of aliphatic carboxylic acids is 1. The van der Waals surface area contributed by atoms with Crippen LogP contribution in [0.4, 0.5) is 22.0 Å². The third kappa shape index (κ3) is 6.83. The number of nitrogens with one attached hydrogen (secondary N) is 2. The molecule has 3 N–H and O–H groups in total. The summed E-state index contributed by atoms with van der Waals surface area (Å²) in [6, 6.07) is 4.05. The van der Waals surface area contributed by atoms with Crippen LogP contribution in [0.5, 0.6) is 0 Å². The van der Waals surface area contributed by atoms with Gasteiger partial charge >= 0.3 is 12.1 Å². The molecule has 140 valence electrons. The maximum absolute atomic E-state index is 13.5. The smallest absolute Gasteiger partial charge is 0.475 e. The molecule has 2 rings (SSSR count). The fourth-order valence-corrected chi connectivity index (χ4v) is 2.08. The van der Waals surface area contributed by atoms with Crippen molar-refractivity contribution in [1.82, 2.24) is 10.6 Å². The van der Waals surface area contributed by atoms with E-state index in [1.165, 1.54) is 6.07 Å². The first kappa shape index (κ1) is 21.1. The molecule has 5 nitrogen and oxygen atoms in total. The third-order valence-electron chi connectivity index (χ3n) is 3.12. The molecule has 0 radical (unpaired) electrons. The summed E-state index contributed by atoms with van der Waals surface area (Å²) < 4.78 is 58.2. The molecular weight excluding hydrogens is 375 g/mol. The van der Waals surface area contributed by atoms with Gasteiger partial charge in [0.15, 0.2) is 0 Å². The summed E-state index contributed by atoms with van der Waals surface area (Å²) >= 11 is 5.63. The van der Waals surface area contributed by atoms with E-state index in [2.05, 4.69) is 10.6 Å². The van der Waals surface area contributed by atoms with E-state index in [9.17, 15) is 26.7 Å². The number of carboxylic acids is 1. The summed E-state index contributed by atoms with van der Waals surface area (Å²) in [6.45, 7) is 0.226. The fourth-order valence-electron chi connectivity index (χ4n) is 1.88. The number of carboxylic acid groups (broad SMARTS) is 1. The zero-order chi connectivity index (χ0) is 19.2. The molecule has 1 saturated heterocycles. The van der Waals surface area contributed by atoms with Gasteiger partial charge in [-0.05, 0) is 6.07 Å². The molecular formula is C14H14ClF5N2O3. The van der Waals surface area contributed by atoms with Crippen LogP contribution in [-0.2, 0) is 16.1 Å². The summed E-state index contributed by atoms with van der Waals surface area (Å²) in [5.74, 6) is -3.62. The van der Waals surface area contributed by atoms with Crippen LogP contribution in [-0.4, -0.2) is 41.9 Å². The van der Waals surface area contributed by atoms with Gasteiger partial charge in [0.25, 0.3) is 0 Å². The van der Waals surface area contributed by atoms with Crippen molar-refractivity contribution in [1.29, 1.82) is 0 Å². The summed E-state index contributed by atoms with van der Waals surface area (Å²) in [5.41, 5.74) is 0.311. The maximum atomic E-state index is 13.5. The molecule has 1 aliphatic rings. The highest BCUT2D eigenvalue weighted by molar-refractivity contribution is 6.30. The minimum Gasteiger partial charge on any atom is -0.475 e. The molecule has 0 saturated carbocycles. The van der Waals surface area contributed by atoms with E-state index in [-0.39, 0.29) is 30.4 Å². The first-order valence-electron chi connectivity index (χ1n) is 6.90. The van der Waals surface area contributed by atoms with Crippen molar-refractivity contribution in [2.24, 2.45) is 0 Å². The molecule has 1 aliphatic heterocycles. The summed E-state index contributed by atoms with van der Waals surface area (Å²) in [6.07, 6.45) is -5.92. The van der Waals surface area contributed by atoms with Gasteiger partial charge in [-0.3, -0.25) is 4.79 Å². The Bertz CT molecular complexity index is 627. The monoisotopic (exact) mass is 388 g/mol. The Morgan fingerprint density at radius 2 is 1.96 bits per heavy atom. The van der Waals surface area contributed by atoms with Crippen molar-refractivity contribution in [3.05, 3.63) is 34.6 Å². The maximum Gasteiger partial charge on any atom is 0.490 e. The Morgan fingerprint density at radius 1 is 1.36 bits per heavy atom. The second kappa shape index (κ2) is 8.95. The number of hydrogen-bond acceptors (Lipinski definition) is 3. The molecule has 1 heterocycles. The standard InChI is InChI=1S/C12H13ClF2N2O.C2HF3O2/c13-9-3-1-2-7(11(9)15)5-17-12(18)10-4-8(14)6-16-10;3-2(4,5)1(6)7/h1-3,8,10,16H,4-6H2,(H,17,18);(H,6,7)/t8-,10+;/m1./s1. The summed E-state index contributed by atoms with van der Waals surface area (Å²) in [4.78, 5) is 20.6. The highest BCUT2D eigenvalue weighted by atomic mass is 35.5. The number of rotatable bonds is 3. The number of halogens is 6. The van der Waals surface area contributed by atoms with Crippen LogP contribution in [0, 0.1) is 5.82 Å². The number of carbonyl (C=O) groups excluding carboxylic acids is 1. The summed E-state index contributed by atoms with van der Waals surface area (Å²) in [5, 5.41) is 12.5. The lowest BCUT2D eigenvalue weighted by atomic mass is 10.2. The minimum atomic E-state index is -5.08. The Balaban J connectivity index is 0.000000381. The lowest BCUT2D eigenvalue weighted by Crippen LogP contribution is -2.40. The highest BCUT2D eigenvalue weighted by Gasteiger charge is 2.38. The van der Waals surface area contributed by atoms with Crippen LogP contribution in [0.2, 0.25) is 5.02 Å². The van der Waals surface area contributed by atoms with E-state index in [0.717, 1.165) is 0 Å². The number of carbonyl (C=O) groups is 2. The molecule has 1 amide bonds. The van der Waals surface area contributed by atoms with Gasteiger partial charge in [0.05, 0.1) is 11.1 Å². The van der Waals surface area contributed by atoms with Gasteiger partial charge in [-0.15, -0.1) is 0 Å². The molecule has 11 heteroatoms. The topological polar surface area (TPSA) is 78.4 Å². The Morgan fingerprint density at radius 3 is 2.44 bits per heavy atom. The molecule has 0 bridgehead atoms. The van der Waals surface area contributed by atoms with Crippen LogP contribution in [0.25, 0.3) is 0 Å². The van der Waals surface area contributed by atoms with Crippen molar-refractivity contribution in [3.63, 3.8) is 0 Å². The van der Waals surface area contributed by atoms with Crippen LogP contribution in [0.3, 0.4) is 0 Å². The van der Waals surface area contributed by atoms with Crippen LogP contribution in [0.15, 0.2) is 18.2 Å². The van der Waals surface area contributed by atoms with Crippen molar-refractivity contribution in [2.45, 2.75) is 31.4 Å². The molecule has 1 fully saturated rings. The zero-order valence-corrected chi connectivity index (χ0v) is 13.3. The van der Waals surface area contributed by atoms with E-state index in [1.54, 1.807) is 12.1 Å². The molecule has 0 unspecified atom stereocenters. The van der Waals surface area contributed by atoms with Crippen LogP contribution < -0.4 is 10.6 Å². The number of alkyl halides is 4. The predicted octanol–water partition coefficient (Wildman–Crippen LogP) is 2.43. The third-order valence-corrected chi connectivity index (χ3v) is 3.41. The molecule has 2 atom stereocenters. The summed E-state index contributed by atoms with van der Waals surface area (Å²) in [7, 11) is 0. The van der Waals surface area contributed by atoms with Crippen molar-refractivity contribution in [2.75, 3.05) is 6.54 Å². The van der Waals surface area contributed by atoms with E-state index in [0.29, 0.717) is 5.56 Å². The van der Waals surface area contributed by atoms with Crippen LogP contribution in [0.1, 0.15) is 12.0 Å². The Hall–Kier alpha value is -1.94. The van der Waals surface area contributed by atoms with Crippen molar-refractivity contribution < 1.29 is 36.6 Å². The normalized spacial score (nSPS) is 19.8. The van der Waals surface area contributed by atoms with E-state index in [1.807, 2.05) is 0 Å². The Kier molecular flexibility index (Phi) is 7.56. The number of amides is 1.